The minimum atomic E-state index is -0.704. The molecular weight excluding hydrogens is 286 g/mol. The van der Waals surface area contributed by atoms with E-state index in [9.17, 15) is 4.79 Å². The molecule has 0 fully saturated rings. The van der Waals surface area contributed by atoms with Crippen molar-refractivity contribution in [3.05, 3.63) is 46.7 Å². The number of Topliss-reactive ketones (excluding diaryl/α,β-unsaturated/α-hetero) is 1. The van der Waals surface area contributed by atoms with Crippen molar-refractivity contribution in [3.8, 4) is 0 Å². The van der Waals surface area contributed by atoms with Gasteiger partial charge in [0.1, 0.15) is 5.69 Å². The van der Waals surface area contributed by atoms with Crippen LogP contribution in [-0.4, -0.2) is 15.6 Å². The van der Waals surface area contributed by atoms with Crippen LogP contribution in [0, 0.1) is 0 Å². The molecule has 0 saturated carbocycles. The summed E-state index contributed by atoms with van der Waals surface area (Å²) in [5.74, 6) is -0.0523. The third-order valence-electron chi connectivity index (χ3n) is 3.66. The van der Waals surface area contributed by atoms with Gasteiger partial charge in [0.2, 0.25) is 0 Å². The summed E-state index contributed by atoms with van der Waals surface area (Å²) in [6.07, 6.45) is 1.52. The minimum absolute atomic E-state index is 0.0523. The lowest BCUT2D eigenvalue weighted by molar-refractivity contribution is 0.0896. The number of carbonyl (C=O) groups excluding carboxylic acids is 1. The normalized spacial score (nSPS) is 11.9. The molecule has 2 rings (SSSR count). The first-order valence-corrected chi connectivity index (χ1v) is 7.26. The molecule has 112 valence electrons. The van der Waals surface area contributed by atoms with Gasteiger partial charge in [0.15, 0.2) is 5.78 Å². The predicted molar refractivity (Wildman–Crippen MR) is 85.8 cm³/mol. The van der Waals surface area contributed by atoms with E-state index in [1.165, 1.54) is 6.20 Å². The number of rotatable bonds is 4. The average Bonchev–Trinajstić information content (AvgIpc) is 2.80. The Hall–Kier alpha value is -1.81. The van der Waals surface area contributed by atoms with Crippen LogP contribution in [0.25, 0.3) is 0 Å². The van der Waals surface area contributed by atoms with Gasteiger partial charge in [-0.15, -0.1) is 0 Å². The Balaban J connectivity index is 2.48. The highest BCUT2D eigenvalue weighted by Gasteiger charge is 2.34. The number of nitrogens with two attached hydrogens (primary N) is 1. The van der Waals surface area contributed by atoms with Gasteiger partial charge in [-0.1, -0.05) is 23.7 Å². The Labute approximate surface area is 129 Å². The Bertz CT molecular complexity index is 657. The molecule has 0 radical (unpaired) electrons. The first-order chi connectivity index (χ1) is 9.75. The zero-order valence-corrected chi connectivity index (χ0v) is 13.5. The van der Waals surface area contributed by atoms with Gasteiger partial charge in [-0.2, -0.15) is 5.10 Å². The molecule has 0 saturated heterocycles. The van der Waals surface area contributed by atoms with E-state index in [-0.39, 0.29) is 11.8 Å². The maximum atomic E-state index is 13.0. The zero-order chi connectivity index (χ0) is 15.8. The Morgan fingerprint density at radius 1 is 1.29 bits per heavy atom. The molecule has 2 aromatic rings. The molecular formula is C16H20ClN3O. The van der Waals surface area contributed by atoms with Crippen molar-refractivity contribution in [2.24, 2.45) is 0 Å². The van der Waals surface area contributed by atoms with Crippen LogP contribution in [0.5, 0.6) is 0 Å². The molecule has 2 N–H and O–H groups in total. The third-order valence-corrected chi connectivity index (χ3v) is 3.93. The molecule has 1 heterocycles. The number of halogens is 1. The second-order valence-corrected chi connectivity index (χ2v) is 6.36. The predicted octanol–water partition coefficient (Wildman–Crippen LogP) is 3.86. The number of nitrogen functional groups attached to an aromatic ring is 1. The van der Waals surface area contributed by atoms with E-state index in [1.807, 2.05) is 39.8 Å². The summed E-state index contributed by atoms with van der Waals surface area (Å²) in [5.41, 5.74) is 7.03. The van der Waals surface area contributed by atoms with Gasteiger partial charge in [-0.3, -0.25) is 9.48 Å². The third kappa shape index (κ3) is 2.81. The van der Waals surface area contributed by atoms with Crippen LogP contribution < -0.4 is 5.73 Å². The highest BCUT2D eigenvalue weighted by atomic mass is 35.5. The quantitative estimate of drug-likeness (QED) is 0.689. The number of anilines is 1. The molecule has 0 aliphatic heterocycles. The molecule has 1 aromatic carbocycles. The number of ketones is 1. The molecule has 1 aromatic heterocycles. The minimum Gasteiger partial charge on any atom is -0.399 e. The molecule has 0 aliphatic carbocycles. The fourth-order valence-electron chi connectivity index (χ4n) is 2.27. The van der Waals surface area contributed by atoms with E-state index in [4.69, 9.17) is 17.3 Å². The van der Waals surface area contributed by atoms with Crippen LogP contribution in [0.4, 0.5) is 5.69 Å². The highest BCUT2D eigenvalue weighted by Crippen LogP contribution is 2.31. The van der Waals surface area contributed by atoms with E-state index in [0.717, 1.165) is 5.56 Å². The lowest BCUT2D eigenvalue weighted by Gasteiger charge is -2.25. The van der Waals surface area contributed by atoms with E-state index >= 15 is 0 Å². The van der Waals surface area contributed by atoms with Crippen molar-refractivity contribution in [1.82, 2.24) is 9.78 Å². The molecule has 21 heavy (non-hydrogen) atoms. The van der Waals surface area contributed by atoms with Gasteiger partial charge in [-0.25, -0.2) is 0 Å². The summed E-state index contributed by atoms with van der Waals surface area (Å²) in [5, 5.41) is 4.59. The second-order valence-electron chi connectivity index (χ2n) is 5.96. The summed E-state index contributed by atoms with van der Waals surface area (Å²) >= 11 is 6.18. The monoisotopic (exact) mass is 305 g/mol. The fourth-order valence-corrected chi connectivity index (χ4v) is 2.49. The van der Waals surface area contributed by atoms with Crippen molar-refractivity contribution in [3.63, 3.8) is 0 Å². The number of hydrogen-bond acceptors (Lipinski definition) is 3. The number of aromatic nitrogens is 2. The SMILES string of the molecule is CC(C)n1ncc(Cl)c1C(=O)C(C)(C)c1ccc(N)cc1. The largest absolute Gasteiger partial charge is 0.399 e. The van der Waals surface area contributed by atoms with Crippen LogP contribution in [0.1, 0.15) is 49.8 Å². The smallest absolute Gasteiger partial charge is 0.192 e. The Morgan fingerprint density at radius 3 is 2.38 bits per heavy atom. The molecule has 0 amide bonds. The number of benzene rings is 1. The molecule has 0 spiro atoms. The first kappa shape index (κ1) is 15.6. The maximum Gasteiger partial charge on any atom is 0.192 e. The van der Waals surface area contributed by atoms with Crippen LogP contribution in [0.15, 0.2) is 30.5 Å². The van der Waals surface area contributed by atoms with Crippen LogP contribution in [0.2, 0.25) is 5.02 Å². The van der Waals surface area contributed by atoms with E-state index in [0.29, 0.717) is 16.4 Å². The molecule has 0 aliphatic rings. The lowest BCUT2D eigenvalue weighted by Crippen LogP contribution is -2.31. The summed E-state index contributed by atoms with van der Waals surface area (Å²) in [6, 6.07) is 7.41. The van der Waals surface area contributed by atoms with Gasteiger partial charge >= 0.3 is 0 Å². The van der Waals surface area contributed by atoms with Gasteiger partial charge < -0.3 is 5.73 Å². The number of carbonyl (C=O) groups is 1. The lowest BCUT2D eigenvalue weighted by atomic mass is 9.79. The summed E-state index contributed by atoms with van der Waals surface area (Å²) in [7, 11) is 0. The molecule has 5 heteroatoms. The van der Waals surface area contributed by atoms with Crippen LogP contribution in [-0.2, 0) is 5.41 Å². The van der Waals surface area contributed by atoms with Gasteiger partial charge in [0.25, 0.3) is 0 Å². The average molecular weight is 306 g/mol. The van der Waals surface area contributed by atoms with Crippen molar-refractivity contribution >= 4 is 23.1 Å². The van der Waals surface area contributed by atoms with E-state index in [2.05, 4.69) is 5.10 Å². The maximum absolute atomic E-state index is 13.0. The van der Waals surface area contributed by atoms with Crippen molar-refractivity contribution in [2.45, 2.75) is 39.2 Å². The number of hydrogen-bond donors (Lipinski definition) is 1. The van der Waals surface area contributed by atoms with Crippen molar-refractivity contribution < 1.29 is 4.79 Å². The van der Waals surface area contributed by atoms with E-state index < -0.39 is 5.41 Å². The fraction of sp³-hybridized carbons (Fsp3) is 0.375. The van der Waals surface area contributed by atoms with Crippen molar-refractivity contribution in [1.29, 1.82) is 0 Å². The molecule has 4 nitrogen and oxygen atoms in total. The number of nitrogens with zero attached hydrogens (tertiary/aromatic N) is 2. The standard InChI is InChI=1S/C16H20ClN3O/c1-10(2)20-14(13(17)9-19-20)15(21)16(3,4)11-5-7-12(18)8-6-11/h5-10H,18H2,1-4H3. The Morgan fingerprint density at radius 2 is 1.86 bits per heavy atom. The van der Waals surface area contributed by atoms with Gasteiger partial charge in [0, 0.05) is 11.7 Å². The molecule has 0 bridgehead atoms. The van der Waals surface area contributed by atoms with Crippen LogP contribution in [0.3, 0.4) is 0 Å². The van der Waals surface area contributed by atoms with Crippen molar-refractivity contribution in [2.75, 3.05) is 5.73 Å². The highest BCUT2D eigenvalue weighted by molar-refractivity contribution is 6.34. The summed E-state index contributed by atoms with van der Waals surface area (Å²) < 4.78 is 1.67. The second kappa shape index (κ2) is 5.53. The zero-order valence-electron chi connectivity index (χ0n) is 12.7. The summed E-state index contributed by atoms with van der Waals surface area (Å²) in [4.78, 5) is 13.0. The molecule has 0 unspecified atom stereocenters. The topological polar surface area (TPSA) is 60.9 Å². The van der Waals surface area contributed by atoms with Gasteiger partial charge in [0.05, 0.1) is 16.6 Å². The van der Waals surface area contributed by atoms with E-state index in [1.54, 1.807) is 16.8 Å². The van der Waals surface area contributed by atoms with Gasteiger partial charge in [-0.05, 0) is 45.4 Å². The molecule has 0 atom stereocenters. The first-order valence-electron chi connectivity index (χ1n) is 6.89. The van der Waals surface area contributed by atoms with Crippen LogP contribution >= 0.6 is 11.6 Å². The summed E-state index contributed by atoms with van der Waals surface area (Å²) in [6.45, 7) is 7.70. The Kier molecular flexibility index (Phi) is 4.10.